The maximum absolute atomic E-state index is 12.4. The summed E-state index contributed by atoms with van der Waals surface area (Å²) in [6.45, 7) is 1.20. The molecule has 3 rings (SSSR count). The summed E-state index contributed by atoms with van der Waals surface area (Å²) in [5.41, 5.74) is 2.53. The number of benzene rings is 1. The van der Waals surface area contributed by atoms with Gasteiger partial charge in [-0.2, -0.15) is 0 Å². The standard InChI is InChI=1S/C19H26N2O5S/c1-2-27(24,25)21-17-8-7-16(26-18(17)12-22)11-19(23)20-15-9-13-5-3-4-6-14(13)10-15/h3-8,15-18,21-22H,2,9-12H2,1H3,(H,20,23)/t16-,17-,18-/m0/s1. The Hall–Kier alpha value is -1.74. The monoisotopic (exact) mass is 394 g/mol. The van der Waals surface area contributed by atoms with Gasteiger partial charge in [0.25, 0.3) is 0 Å². The summed E-state index contributed by atoms with van der Waals surface area (Å²) in [6, 6.07) is 7.61. The lowest BCUT2D eigenvalue weighted by atomic mass is 10.1. The van der Waals surface area contributed by atoms with Gasteiger partial charge in [-0.25, -0.2) is 13.1 Å². The minimum atomic E-state index is -3.42. The van der Waals surface area contributed by atoms with Crippen LogP contribution in [0.15, 0.2) is 36.4 Å². The molecule has 0 unspecified atom stereocenters. The van der Waals surface area contributed by atoms with Gasteiger partial charge in [0, 0.05) is 6.04 Å². The molecule has 1 aliphatic heterocycles. The van der Waals surface area contributed by atoms with Gasteiger partial charge >= 0.3 is 0 Å². The van der Waals surface area contributed by atoms with Crippen molar-refractivity contribution >= 4 is 15.9 Å². The van der Waals surface area contributed by atoms with E-state index in [9.17, 15) is 18.3 Å². The molecule has 148 valence electrons. The maximum atomic E-state index is 12.4. The molecule has 1 amide bonds. The zero-order chi connectivity index (χ0) is 19.4. The van der Waals surface area contributed by atoms with E-state index in [4.69, 9.17) is 4.74 Å². The highest BCUT2D eigenvalue weighted by Crippen LogP contribution is 2.22. The minimum Gasteiger partial charge on any atom is -0.394 e. The van der Waals surface area contributed by atoms with Crippen LogP contribution >= 0.6 is 0 Å². The first-order valence-electron chi connectivity index (χ1n) is 9.21. The van der Waals surface area contributed by atoms with Crippen LogP contribution in [-0.4, -0.2) is 56.1 Å². The summed E-state index contributed by atoms with van der Waals surface area (Å²) in [6.07, 6.45) is 3.90. The van der Waals surface area contributed by atoms with E-state index in [-0.39, 0.29) is 30.7 Å². The van der Waals surface area contributed by atoms with E-state index >= 15 is 0 Å². The van der Waals surface area contributed by atoms with Gasteiger partial charge in [-0.15, -0.1) is 0 Å². The van der Waals surface area contributed by atoms with Gasteiger partial charge in [0.2, 0.25) is 15.9 Å². The van der Waals surface area contributed by atoms with Crippen molar-refractivity contribution in [3.63, 3.8) is 0 Å². The van der Waals surface area contributed by atoms with Crippen LogP contribution < -0.4 is 10.0 Å². The first kappa shape index (κ1) is 20.0. The second-order valence-electron chi connectivity index (χ2n) is 6.97. The van der Waals surface area contributed by atoms with Crippen molar-refractivity contribution in [3.05, 3.63) is 47.5 Å². The van der Waals surface area contributed by atoms with Crippen LogP contribution in [0.1, 0.15) is 24.5 Å². The van der Waals surface area contributed by atoms with Crippen molar-refractivity contribution in [2.75, 3.05) is 12.4 Å². The average molecular weight is 394 g/mol. The first-order valence-corrected chi connectivity index (χ1v) is 10.9. The molecular weight excluding hydrogens is 368 g/mol. The predicted octanol–water partition coefficient (Wildman–Crippen LogP) is 0.284. The summed E-state index contributed by atoms with van der Waals surface area (Å²) in [5, 5.41) is 12.6. The number of sulfonamides is 1. The number of nitrogens with one attached hydrogen (secondary N) is 2. The number of rotatable bonds is 7. The van der Waals surface area contributed by atoms with Crippen LogP contribution in [0.4, 0.5) is 0 Å². The molecule has 0 spiro atoms. The summed E-state index contributed by atoms with van der Waals surface area (Å²) >= 11 is 0. The van der Waals surface area contributed by atoms with Gasteiger partial charge in [-0.1, -0.05) is 36.4 Å². The molecule has 8 heteroatoms. The molecule has 0 saturated heterocycles. The van der Waals surface area contributed by atoms with Gasteiger partial charge in [0.05, 0.1) is 30.9 Å². The Labute approximate surface area is 159 Å². The molecule has 3 N–H and O–H groups in total. The number of hydrogen-bond acceptors (Lipinski definition) is 5. The fourth-order valence-electron chi connectivity index (χ4n) is 3.53. The van der Waals surface area contributed by atoms with Crippen molar-refractivity contribution in [1.29, 1.82) is 0 Å². The molecule has 0 saturated carbocycles. The molecule has 0 fully saturated rings. The Morgan fingerprint density at radius 2 is 1.89 bits per heavy atom. The van der Waals surface area contributed by atoms with E-state index < -0.39 is 28.3 Å². The maximum Gasteiger partial charge on any atom is 0.223 e. The van der Waals surface area contributed by atoms with E-state index in [2.05, 4.69) is 22.2 Å². The third kappa shape index (κ3) is 5.16. The van der Waals surface area contributed by atoms with Crippen molar-refractivity contribution in [2.24, 2.45) is 0 Å². The van der Waals surface area contributed by atoms with Gasteiger partial charge in [0.1, 0.15) is 6.10 Å². The summed E-state index contributed by atoms with van der Waals surface area (Å²) in [4.78, 5) is 12.4. The van der Waals surface area contributed by atoms with E-state index in [1.54, 1.807) is 12.2 Å². The molecule has 0 aromatic heterocycles. The van der Waals surface area contributed by atoms with Crippen molar-refractivity contribution in [2.45, 2.75) is 50.5 Å². The zero-order valence-corrected chi connectivity index (χ0v) is 16.1. The van der Waals surface area contributed by atoms with Gasteiger partial charge in [-0.05, 0) is 30.9 Å². The van der Waals surface area contributed by atoms with Crippen molar-refractivity contribution in [3.8, 4) is 0 Å². The number of ether oxygens (including phenoxy) is 1. The Kier molecular flexibility index (Phi) is 6.31. The Morgan fingerprint density at radius 1 is 1.22 bits per heavy atom. The van der Waals surface area contributed by atoms with Crippen molar-refractivity contribution in [1.82, 2.24) is 10.0 Å². The normalized spacial score (nSPS) is 25.3. The smallest absolute Gasteiger partial charge is 0.223 e. The molecular formula is C19H26N2O5S. The largest absolute Gasteiger partial charge is 0.394 e. The summed E-state index contributed by atoms with van der Waals surface area (Å²) in [5.74, 6) is -0.169. The lowest BCUT2D eigenvalue weighted by Gasteiger charge is -2.31. The first-order chi connectivity index (χ1) is 12.9. The van der Waals surface area contributed by atoms with Crippen LogP contribution in [0.5, 0.6) is 0 Å². The van der Waals surface area contributed by atoms with Crippen LogP contribution in [0, 0.1) is 0 Å². The second kappa shape index (κ2) is 8.52. The summed E-state index contributed by atoms with van der Waals surface area (Å²) < 4.78 is 31.7. The summed E-state index contributed by atoms with van der Waals surface area (Å²) in [7, 11) is -3.42. The third-order valence-corrected chi connectivity index (χ3v) is 6.35. The molecule has 3 atom stereocenters. The highest BCUT2D eigenvalue weighted by Gasteiger charge is 2.31. The second-order valence-corrected chi connectivity index (χ2v) is 9.02. The fourth-order valence-corrected chi connectivity index (χ4v) is 4.34. The van der Waals surface area contributed by atoms with E-state index in [0.717, 1.165) is 12.8 Å². The number of aliphatic hydroxyl groups excluding tert-OH is 1. The van der Waals surface area contributed by atoms with Crippen LogP contribution in [0.2, 0.25) is 0 Å². The molecule has 1 aromatic carbocycles. The fraction of sp³-hybridized carbons (Fsp3) is 0.526. The Morgan fingerprint density at radius 3 is 2.48 bits per heavy atom. The van der Waals surface area contributed by atoms with Crippen LogP contribution in [0.25, 0.3) is 0 Å². The SMILES string of the molecule is CCS(=O)(=O)N[C@H]1C=C[C@@H](CC(=O)NC2Cc3ccccc3C2)O[C@H]1CO. The lowest BCUT2D eigenvalue weighted by Crippen LogP contribution is -2.49. The molecule has 0 bridgehead atoms. The molecule has 0 radical (unpaired) electrons. The van der Waals surface area contributed by atoms with Crippen molar-refractivity contribution < 1.29 is 23.1 Å². The van der Waals surface area contributed by atoms with E-state index in [1.807, 2.05) is 12.1 Å². The number of hydrogen-bond donors (Lipinski definition) is 3. The number of carbonyl (C=O) groups excluding carboxylic acids is 1. The quantitative estimate of drug-likeness (QED) is 0.577. The predicted molar refractivity (Wildman–Crippen MR) is 102 cm³/mol. The number of amides is 1. The Bertz CT molecular complexity index is 783. The lowest BCUT2D eigenvalue weighted by molar-refractivity contribution is -0.125. The molecule has 27 heavy (non-hydrogen) atoms. The average Bonchev–Trinajstić information content (AvgIpc) is 3.04. The van der Waals surface area contributed by atoms with E-state index in [0.29, 0.717) is 0 Å². The Balaban J connectivity index is 1.53. The molecule has 2 aliphatic rings. The van der Waals surface area contributed by atoms with Crippen LogP contribution in [0.3, 0.4) is 0 Å². The van der Waals surface area contributed by atoms with Gasteiger partial charge in [0.15, 0.2) is 0 Å². The number of aliphatic hydroxyl groups is 1. The van der Waals surface area contributed by atoms with Crippen LogP contribution in [-0.2, 0) is 32.4 Å². The highest BCUT2D eigenvalue weighted by atomic mass is 32.2. The van der Waals surface area contributed by atoms with E-state index in [1.165, 1.54) is 18.1 Å². The highest BCUT2D eigenvalue weighted by molar-refractivity contribution is 7.89. The molecule has 7 nitrogen and oxygen atoms in total. The number of carbonyl (C=O) groups is 1. The number of fused-ring (bicyclic) bond motifs is 1. The molecule has 1 heterocycles. The minimum absolute atomic E-state index is 0.0505. The van der Waals surface area contributed by atoms with Gasteiger partial charge in [-0.3, -0.25) is 4.79 Å². The topological polar surface area (TPSA) is 105 Å². The van der Waals surface area contributed by atoms with Gasteiger partial charge < -0.3 is 15.2 Å². The zero-order valence-electron chi connectivity index (χ0n) is 15.3. The molecule has 1 aromatic rings. The molecule has 1 aliphatic carbocycles. The third-order valence-electron chi connectivity index (χ3n) is 4.96.